The molecule has 5 heteroatoms. The van der Waals surface area contributed by atoms with Gasteiger partial charge in [0.1, 0.15) is 11.6 Å². The Morgan fingerprint density at radius 2 is 2.10 bits per heavy atom. The summed E-state index contributed by atoms with van der Waals surface area (Å²) in [6.45, 7) is 3.27. The first-order chi connectivity index (χ1) is 9.99. The van der Waals surface area contributed by atoms with E-state index in [2.05, 4.69) is 9.88 Å². The van der Waals surface area contributed by atoms with Crippen LogP contribution < -0.4 is 0 Å². The Balaban J connectivity index is 1.96. The molecule has 2 aromatic rings. The van der Waals surface area contributed by atoms with Gasteiger partial charge in [-0.3, -0.25) is 4.90 Å². The lowest BCUT2D eigenvalue weighted by molar-refractivity contribution is 0.0894. The molecule has 0 spiro atoms. The fourth-order valence-electron chi connectivity index (χ4n) is 2.47. The van der Waals surface area contributed by atoms with Gasteiger partial charge < -0.3 is 9.67 Å². The number of imidazole rings is 1. The van der Waals surface area contributed by atoms with Gasteiger partial charge in [-0.15, -0.1) is 0 Å². The number of hydrogen-bond acceptors (Lipinski definition) is 3. The molecule has 2 atom stereocenters. The summed E-state index contributed by atoms with van der Waals surface area (Å²) in [4.78, 5) is 6.36. The number of aliphatic hydroxyl groups is 1. The summed E-state index contributed by atoms with van der Waals surface area (Å²) in [5.41, 5.74) is 0.357. The van der Waals surface area contributed by atoms with Gasteiger partial charge in [0.25, 0.3) is 0 Å². The standard InChI is InChI=1S/C16H22FN3O/c1-12(16(21)13-6-4-5-7-14(13)17)10-19(2)11-15-18-8-9-20(15)3/h4-9,12,16,21H,10-11H2,1-3H3. The zero-order valence-electron chi connectivity index (χ0n) is 12.7. The quantitative estimate of drug-likeness (QED) is 0.888. The molecule has 1 aromatic carbocycles. The minimum Gasteiger partial charge on any atom is -0.388 e. The van der Waals surface area contributed by atoms with Crippen LogP contribution in [0.2, 0.25) is 0 Å². The second-order valence-electron chi connectivity index (χ2n) is 5.59. The molecule has 1 aromatic heterocycles. The molecule has 1 N–H and O–H groups in total. The average molecular weight is 291 g/mol. The molecule has 0 fully saturated rings. The third-order valence-electron chi connectivity index (χ3n) is 3.69. The van der Waals surface area contributed by atoms with Crippen molar-refractivity contribution in [3.8, 4) is 0 Å². The van der Waals surface area contributed by atoms with Crippen LogP contribution in [-0.4, -0.2) is 33.1 Å². The molecule has 0 aliphatic heterocycles. The first kappa shape index (κ1) is 15.7. The molecule has 0 radical (unpaired) electrons. The normalized spacial score (nSPS) is 14.4. The average Bonchev–Trinajstić information content (AvgIpc) is 2.84. The van der Waals surface area contributed by atoms with Crippen molar-refractivity contribution in [1.82, 2.24) is 14.5 Å². The van der Waals surface area contributed by atoms with E-state index in [-0.39, 0.29) is 11.7 Å². The summed E-state index contributed by atoms with van der Waals surface area (Å²) in [6, 6.07) is 6.38. The summed E-state index contributed by atoms with van der Waals surface area (Å²) in [7, 11) is 3.92. The van der Waals surface area contributed by atoms with E-state index in [1.165, 1.54) is 6.07 Å². The second kappa shape index (κ2) is 6.83. The number of benzene rings is 1. The molecule has 0 aliphatic carbocycles. The van der Waals surface area contributed by atoms with Gasteiger partial charge in [0.15, 0.2) is 0 Å². The highest BCUT2D eigenvalue weighted by Gasteiger charge is 2.21. The Kier molecular flexibility index (Phi) is 5.09. The van der Waals surface area contributed by atoms with E-state index in [1.54, 1.807) is 24.4 Å². The van der Waals surface area contributed by atoms with E-state index >= 15 is 0 Å². The Morgan fingerprint density at radius 3 is 2.71 bits per heavy atom. The van der Waals surface area contributed by atoms with Crippen LogP contribution in [0.1, 0.15) is 24.4 Å². The fourth-order valence-corrected chi connectivity index (χ4v) is 2.47. The second-order valence-corrected chi connectivity index (χ2v) is 5.59. The molecular formula is C16H22FN3O. The van der Waals surface area contributed by atoms with E-state index in [1.807, 2.05) is 31.8 Å². The first-order valence-electron chi connectivity index (χ1n) is 7.06. The number of halogens is 1. The molecule has 1 heterocycles. The van der Waals surface area contributed by atoms with Crippen LogP contribution in [0.15, 0.2) is 36.7 Å². The largest absolute Gasteiger partial charge is 0.388 e. The van der Waals surface area contributed by atoms with Gasteiger partial charge in [-0.2, -0.15) is 0 Å². The Labute approximate surface area is 124 Å². The van der Waals surface area contributed by atoms with Crippen molar-refractivity contribution in [2.75, 3.05) is 13.6 Å². The summed E-state index contributed by atoms with van der Waals surface area (Å²) in [5, 5.41) is 10.3. The molecule has 0 bridgehead atoms. The van der Waals surface area contributed by atoms with Gasteiger partial charge in [-0.25, -0.2) is 9.37 Å². The number of aromatic nitrogens is 2. The van der Waals surface area contributed by atoms with Crippen molar-refractivity contribution in [2.45, 2.75) is 19.6 Å². The molecule has 0 aliphatic rings. The lowest BCUT2D eigenvalue weighted by Gasteiger charge is -2.25. The number of nitrogens with zero attached hydrogens (tertiary/aromatic N) is 3. The van der Waals surface area contributed by atoms with Gasteiger partial charge in [0, 0.05) is 31.5 Å². The number of aliphatic hydroxyl groups excluding tert-OH is 1. The molecule has 2 rings (SSSR count). The topological polar surface area (TPSA) is 41.3 Å². The van der Waals surface area contributed by atoms with Crippen LogP contribution in [0.25, 0.3) is 0 Å². The monoisotopic (exact) mass is 291 g/mol. The molecule has 2 unspecified atom stereocenters. The van der Waals surface area contributed by atoms with Crippen molar-refractivity contribution in [1.29, 1.82) is 0 Å². The zero-order chi connectivity index (χ0) is 15.4. The Morgan fingerprint density at radius 1 is 1.38 bits per heavy atom. The van der Waals surface area contributed by atoms with Crippen LogP contribution in [0.5, 0.6) is 0 Å². The molecule has 0 saturated heterocycles. The van der Waals surface area contributed by atoms with Crippen molar-refractivity contribution in [2.24, 2.45) is 13.0 Å². The van der Waals surface area contributed by atoms with Gasteiger partial charge in [0.2, 0.25) is 0 Å². The summed E-state index contributed by atoms with van der Waals surface area (Å²) in [6.07, 6.45) is 2.86. The highest BCUT2D eigenvalue weighted by atomic mass is 19.1. The van der Waals surface area contributed by atoms with Crippen molar-refractivity contribution < 1.29 is 9.50 Å². The van der Waals surface area contributed by atoms with Crippen LogP contribution >= 0.6 is 0 Å². The molecule has 4 nitrogen and oxygen atoms in total. The zero-order valence-corrected chi connectivity index (χ0v) is 12.7. The van der Waals surface area contributed by atoms with Gasteiger partial charge in [-0.1, -0.05) is 25.1 Å². The Bertz CT molecular complexity index is 584. The van der Waals surface area contributed by atoms with Gasteiger partial charge in [0.05, 0.1) is 12.6 Å². The number of aryl methyl sites for hydroxylation is 1. The third-order valence-corrected chi connectivity index (χ3v) is 3.69. The van der Waals surface area contributed by atoms with E-state index in [0.717, 1.165) is 5.82 Å². The molecule has 114 valence electrons. The van der Waals surface area contributed by atoms with Crippen LogP contribution in [-0.2, 0) is 13.6 Å². The minimum absolute atomic E-state index is 0.0767. The van der Waals surface area contributed by atoms with Gasteiger partial charge >= 0.3 is 0 Å². The van der Waals surface area contributed by atoms with E-state index < -0.39 is 6.10 Å². The van der Waals surface area contributed by atoms with E-state index in [4.69, 9.17) is 0 Å². The summed E-state index contributed by atoms with van der Waals surface area (Å²) < 4.78 is 15.7. The molecule has 0 saturated carbocycles. The van der Waals surface area contributed by atoms with Crippen LogP contribution in [0.4, 0.5) is 4.39 Å². The number of rotatable bonds is 6. The minimum atomic E-state index is -0.810. The lowest BCUT2D eigenvalue weighted by Crippen LogP contribution is -2.28. The Hall–Kier alpha value is -1.72. The predicted molar refractivity (Wildman–Crippen MR) is 80.1 cm³/mol. The van der Waals surface area contributed by atoms with E-state index in [0.29, 0.717) is 18.7 Å². The lowest BCUT2D eigenvalue weighted by atomic mass is 9.96. The molecular weight excluding hydrogens is 269 g/mol. The maximum absolute atomic E-state index is 13.7. The smallest absolute Gasteiger partial charge is 0.129 e. The fraction of sp³-hybridized carbons (Fsp3) is 0.438. The first-order valence-corrected chi connectivity index (χ1v) is 7.06. The van der Waals surface area contributed by atoms with Crippen molar-refractivity contribution in [3.63, 3.8) is 0 Å². The van der Waals surface area contributed by atoms with Crippen LogP contribution in [0, 0.1) is 11.7 Å². The molecule has 21 heavy (non-hydrogen) atoms. The maximum atomic E-state index is 13.7. The number of hydrogen-bond donors (Lipinski definition) is 1. The maximum Gasteiger partial charge on any atom is 0.129 e. The van der Waals surface area contributed by atoms with Gasteiger partial charge in [-0.05, 0) is 19.0 Å². The summed E-state index contributed by atoms with van der Waals surface area (Å²) >= 11 is 0. The highest BCUT2D eigenvalue weighted by Crippen LogP contribution is 2.24. The highest BCUT2D eigenvalue weighted by molar-refractivity contribution is 5.20. The van der Waals surface area contributed by atoms with Crippen molar-refractivity contribution in [3.05, 3.63) is 53.9 Å². The van der Waals surface area contributed by atoms with E-state index in [9.17, 15) is 9.50 Å². The third kappa shape index (κ3) is 3.89. The SMILES string of the molecule is CC(CN(C)Cc1nccn1C)C(O)c1ccccc1F. The van der Waals surface area contributed by atoms with Crippen LogP contribution in [0.3, 0.4) is 0 Å². The summed E-state index contributed by atoms with van der Waals surface area (Å²) in [5.74, 6) is 0.529. The van der Waals surface area contributed by atoms with Crippen molar-refractivity contribution >= 4 is 0 Å². The predicted octanol–water partition coefficient (Wildman–Crippen LogP) is 2.36. The molecule has 0 amide bonds.